The third kappa shape index (κ3) is 6.77. The van der Waals surface area contributed by atoms with Gasteiger partial charge in [-0.25, -0.2) is 4.79 Å². The van der Waals surface area contributed by atoms with Crippen LogP contribution in [0, 0.1) is 0 Å². The fourth-order valence-electron chi connectivity index (χ4n) is 2.39. The van der Waals surface area contributed by atoms with Crippen LogP contribution in [0.5, 0.6) is 0 Å². The molecule has 7 nitrogen and oxygen atoms in total. The van der Waals surface area contributed by atoms with Crippen molar-refractivity contribution < 1.29 is 23.9 Å². The molecule has 0 unspecified atom stereocenters. The van der Waals surface area contributed by atoms with Crippen molar-refractivity contribution in [2.24, 2.45) is 0 Å². The minimum Gasteiger partial charge on any atom is -0.469 e. The largest absolute Gasteiger partial charge is 0.469 e. The van der Waals surface area contributed by atoms with E-state index in [4.69, 9.17) is 0 Å². The lowest BCUT2D eigenvalue weighted by molar-refractivity contribution is -0.143. The van der Waals surface area contributed by atoms with Crippen LogP contribution in [-0.2, 0) is 24.6 Å². The summed E-state index contributed by atoms with van der Waals surface area (Å²) in [5.74, 6) is -1.04. The average molecular weight is 376 g/mol. The molecule has 0 heterocycles. The van der Waals surface area contributed by atoms with Crippen LogP contribution >= 0.6 is 0 Å². The fourth-order valence-corrected chi connectivity index (χ4v) is 2.39. The normalized spacial score (nSPS) is 10.7. The Labute approximate surface area is 160 Å². The van der Waals surface area contributed by atoms with Gasteiger partial charge in [0.2, 0.25) is 0 Å². The van der Waals surface area contributed by atoms with E-state index in [0.717, 1.165) is 16.7 Å². The lowest BCUT2D eigenvalue weighted by Crippen LogP contribution is -2.50. The highest BCUT2D eigenvalue weighted by Gasteiger charge is 2.27. The molecule has 1 aromatic carbocycles. The zero-order valence-electron chi connectivity index (χ0n) is 16.6. The second-order valence-corrected chi connectivity index (χ2v) is 6.74. The number of allylic oxidation sites excluding steroid dienone is 1. The van der Waals surface area contributed by atoms with Gasteiger partial charge in [-0.15, -0.1) is 0 Å². The first-order valence-electron chi connectivity index (χ1n) is 8.58. The highest BCUT2D eigenvalue weighted by atomic mass is 16.5. The van der Waals surface area contributed by atoms with E-state index in [1.54, 1.807) is 0 Å². The van der Waals surface area contributed by atoms with Crippen molar-refractivity contribution in [3.05, 3.63) is 42.0 Å². The van der Waals surface area contributed by atoms with Gasteiger partial charge in [-0.1, -0.05) is 30.4 Å². The maximum atomic E-state index is 12.7. The molecule has 0 aliphatic heterocycles. The number of carbonyl (C=O) groups is 3. The van der Waals surface area contributed by atoms with Crippen molar-refractivity contribution >= 4 is 23.5 Å². The Balaban J connectivity index is 2.96. The monoisotopic (exact) mass is 376 g/mol. The summed E-state index contributed by atoms with van der Waals surface area (Å²) in [5.41, 5.74) is 2.08. The number of nitrogens with zero attached hydrogens (tertiary/aromatic N) is 1. The second-order valence-electron chi connectivity index (χ2n) is 6.74. The quantitative estimate of drug-likeness (QED) is 0.705. The van der Waals surface area contributed by atoms with Crippen molar-refractivity contribution in [2.75, 3.05) is 27.3 Å². The SMILES string of the molecule is C=C(C)c1cccc(C(C)(C)NC(=O)N(CCC(=O)OC)CC(=O)OC)c1. The van der Waals surface area contributed by atoms with E-state index < -0.39 is 23.5 Å². The molecule has 0 aliphatic carbocycles. The van der Waals surface area contributed by atoms with Gasteiger partial charge >= 0.3 is 18.0 Å². The number of carbonyl (C=O) groups excluding carboxylic acids is 3. The predicted octanol–water partition coefficient (Wildman–Crippen LogP) is 2.70. The molecular formula is C20H28N2O5. The summed E-state index contributed by atoms with van der Waals surface area (Å²) in [6.45, 7) is 9.35. The van der Waals surface area contributed by atoms with Gasteiger partial charge in [-0.3, -0.25) is 9.59 Å². The van der Waals surface area contributed by atoms with Crippen molar-refractivity contribution in [3.63, 3.8) is 0 Å². The Kier molecular flexibility index (Phi) is 8.02. The summed E-state index contributed by atoms with van der Waals surface area (Å²) in [4.78, 5) is 37.0. The second kappa shape index (κ2) is 9.75. The smallest absolute Gasteiger partial charge is 0.325 e. The van der Waals surface area contributed by atoms with Crippen LogP contribution in [0.25, 0.3) is 5.57 Å². The standard InChI is InChI=1S/C20H28N2O5/c1-14(2)15-8-7-9-16(12-15)20(3,4)21-19(25)22(13-18(24)27-6)11-10-17(23)26-5/h7-9,12H,1,10-11,13H2,2-6H3,(H,21,25). The molecule has 0 radical (unpaired) electrons. The molecule has 1 aromatic rings. The molecule has 0 aliphatic rings. The van der Waals surface area contributed by atoms with Crippen LogP contribution in [-0.4, -0.2) is 50.2 Å². The summed E-state index contributed by atoms with van der Waals surface area (Å²) in [6, 6.07) is 7.24. The zero-order valence-corrected chi connectivity index (χ0v) is 16.6. The number of methoxy groups -OCH3 is 2. The maximum Gasteiger partial charge on any atom is 0.325 e. The maximum absolute atomic E-state index is 12.7. The summed E-state index contributed by atoms with van der Waals surface area (Å²) in [5, 5.41) is 2.91. The summed E-state index contributed by atoms with van der Waals surface area (Å²) < 4.78 is 9.23. The zero-order chi connectivity index (χ0) is 20.6. The highest BCUT2D eigenvalue weighted by molar-refractivity contribution is 5.82. The van der Waals surface area contributed by atoms with Crippen molar-refractivity contribution in [1.29, 1.82) is 0 Å². The Morgan fingerprint density at radius 1 is 1.15 bits per heavy atom. The molecule has 1 rings (SSSR count). The number of hydrogen-bond acceptors (Lipinski definition) is 5. The molecule has 1 N–H and O–H groups in total. The van der Waals surface area contributed by atoms with Crippen molar-refractivity contribution in [3.8, 4) is 0 Å². The Hall–Kier alpha value is -2.83. The van der Waals surface area contributed by atoms with Gasteiger partial charge < -0.3 is 19.7 Å². The molecule has 27 heavy (non-hydrogen) atoms. The number of amides is 2. The molecule has 7 heteroatoms. The third-order valence-corrected chi connectivity index (χ3v) is 4.14. The molecule has 2 amide bonds. The summed E-state index contributed by atoms with van der Waals surface area (Å²) >= 11 is 0. The van der Waals surface area contributed by atoms with Gasteiger partial charge in [0.25, 0.3) is 0 Å². The molecule has 0 saturated heterocycles. The van der Waals surface area contributed by atoms with Crippen molar-refractivity contribution in [1.82, 2.24) is 10.2 Å². The van der Waals surface area contributed by atoms with Gasteiger partial charge in [0.15, 0.2) is 0 Å². The van der Waals surface area contributed by atoms with E-state index in [2.05, 4.69) is 21.4 Å². The Bertz CT molecular complexity index is 712. The topological polar surface area (TPSA) is 84.9 Å². The number of esters is 2. The number of urea groups is 1. The number of nitrogens with one attached hydrogen (secondary N) is 1. The number of ether oxygens (including phenoxy) is 2. The van der Waals surface area contributed by atoms with E-state index in [1.165, 1.54) is 19.1 Å². The lowest BCUT2D eigenvalue weighted by Gasteiger charge is -2.31. The van der Waals surface area contributed by atoms with Gasteiger partial charge in [0.1, 0.15) is 6.54 Å². The first-order chi connectivity index (χ1) is 12.6. The number of benzene rings is 1. The molecule has 0 aromatic heterocycles. The first-order valence-corrected chi connectivity index (χ1v) is 8.58. The third-order valence-electron chi connectivity index (χ3n) is 4.14. The van der Waals surface area contributed by atoms with E-state index in [-0.39, 0.29) is 19.5 Å². The van der Waals surface area contributed by atoms with Crippen LogP contribution < -0.4 is 5.32 Å². The van der Waals surface area contributed by atoms with E-state index in [0.29, 0.717) is 0 Å². The van der Waals surface area contributed by atoms with Crippen LogP contribution in [0.15, 0.2) is 30.8 Å². The van der Waals surface area contributed by atoms with E-state index >= 15 is 0 Å². The number of hydrogen-bond donors (Lipinski definition) is 1. The average Bonchev–Trinajstić information content (AvgIpc) is 2.63. The molecule has 0 spiro atoms. The van der Waals surface area contributed by atoms with E-state index in [1.807, 2.05) is 45.0 Å². The predicted molar refractivity (Wildman–Crippen MR) is 103 cm³/mol. The Morgan fingerprint density at radius 2 is 1.78 bits per heavy atom. The lowest BCUT2D eigenvalue weighted by atomic mass is 9.92. The van der Waals surface area contributed by atoms with Crippen LogP contribution in [0.3, 0.4) is 0 Å². The molecule has 0 saturated carbocycles. The summed E-state index contributed by atoms with van der Waals surface area (Å²) in [6.07, 6.45) is -0.0213. The van der Waals surface area contributed by atoms with Gasteiger partial charge in [0.05, 0.1) is 26.2 Å². The molecule has 0 bridgehead atoms. The van der Waals surface area contributed by atoms with Crippen LogP contribution in [0.4, 0.5) is 4.79 Å². The number of rotatable bonds is 8. The first kappa shape index (κ1) is 22.2. The minimum atomic E-state index is -0.706. The van der Waals surface area contributed by atoms with Gasteiger partial charge in [0, 0.05) is 6.54 Å². The van der Waals surface area contributed by atoms with E-state index in [9.17, 15) is 14.4 Å². The highest BCUT2D eigenvalue weighted by Crippen LogP contribution is 2.23. The summed E-state index contributed by atoms with van der Waals surface area (Å²) in [7, 11) is 2.51. The molecule has 148 valence electrons. The molecule has 0 atom stereocenters. The van der Waals surface area contributed by atoms with Crippen molar-refractivity contribution in [2.45, 2.75) is 32.7 Å². The molecule has 0 fully saturated rings. The van der Waals surface area contributed by atoms with Gasteiger partial charge in [-0.2, -0.15) is 0 Å². The van der Waals surface area contributed by atoms with Crippen LogP contribution in [0.2, 0.25) is 0 Å². The van der Waals surface area contributed by atoms with Gasteiger partial charge in [-0.05, 0) is 38.0 Å². The minimum absolute atomic E-state index is 0.0213. The Morgan fingerprint density at radius 3 is 2.33 bits per heavy atom. The molecular weight excluding hydrogens is 348 g/mol. The fraction of sp³-hybridized carbons (Fsp3) is 0.450. The van der Waals surface area contributed by atoms with Crippen LogP contribution in [0.1, 0.15) is 38.3 Å².